The van der Waals surface area contributed by atoms with Crippen molar-refractivity contribution in [1.82, 2.24) is 4.98 Å². The first-order chi connectivity index (χ1) is 8.70. The lowest BCUT2D eigenvalue weighted by molar-refractivity contribution is 0.617. The average molecular weight is 245 g/mol. The topological polar surface area (TPSA) is 42.2 Å². The Morgan fingerprint density at radius 1 is 1.28 bits per heavy atom. The third kappa shape index (κ3) is 2.77. The monoisotopic (exact) mass is 245 g/mol. The van der Waals surface area contributed by atoms with E-state index in [1.165, 1.54) is 12.3 Å². The molecule has 0 saturated carbocycles. The van der Waals surface area contributed by atoms with E-state index in [9.17, 15) is 4.39 Å². The molecule has 0 radical (unpaired) electrons. The Labute approximate surface area is 106 Å². The Bertz CT molecular complexity index is 528. The summed E-state index contributed by atoms with van der Waals surface area (Å²) in [6, 6.07) is 9.16. The van der Waals surface area contributed by atoms with Gasteiger partial charge in [-0.05, 0) is 30.7 Å². The van der Waals surface area contributed by atoms with Gasteiger partial charge in [0.1, 0.15) is 5.82 Å². The maximum Gasteiger partial charge on any atom is 0.141 e. The van der Waals surface area contributed by atoms with Crippen molar-refractivity contribution in [3.8, 4) is 0 Å². The number of nitrogen functional groups attached to an aromatic ring is 1. The molecule has 0 spiro atoms. The van der Waals surface area contributed by atoms with Crippen LogP contribution in [0.25, 0.3) is 0 Å². The second-order valence-corrected chi connectivity index (χ2v) is 4.08. The van der Waals surface area contributed by atoms with Crippen molar-refractivity contribution in [2.75, 3.05) is 17.2 Å². The van der Waals surface area contributed by atoms with E-state index < -0.39 is 0 Å². The average Bonchev–Trinajstić information content (AvgIpc) is 2.37. The van der Waals surface area contributed by atoms with Gasteiger partial charge in [-0.15, -0.1) is 0 Å². The number of para-hydroxylation sites is 2. The molecule has 0 amide bonds. The van der Waals surface area contributed by atoms with Crippen LogP contribution in [-0.4, -0.2) is 11.5 Å². The van der Waals surface area contributed by atoms with Crippen LogP contribution in [0.5, 0.6) is 0 Å². The molecular formula is C14H16FN3. The van der Waals surface area contributed by atoms with Crippen molar-refractivity contribution in [2.45, 2.75) is 13.5 Å². The molecule has 0 saturated heterocycles. The van der Waals surface area contributed by atoms with E-state index in [0.717, 1.165) is 23.5 Å². The first-order valence-electron chi connectivity index (χ1n) is 5.89. The van der Waals surface area contributed by atoms with Crippen LogP contribution in [0, 0.1) is 5.82 Å². The highest BCUT2D eigenvalue weighted by Gasteiger charge is 2.08. The van der Waals surface area contributed by atoms with Gasteiger partial charge in [0, 0.05) is 19.3 Å². The van der Waals surface area contributed by atoms with E-state index in [0.29, 0.717) is 6.54 Å². The Balaban J connectivity index is 2.23. The molecule has 2 aromatic rings. The highest BCUT2D eigenvalue weighted by molar-refractivity contribution is 5.67. The zero-order valence-corrected chi connectivity index (χ0v) is 10.3. The predicted molar refractivity (Wildman–Crippen MR) is 71.8 cm³/mol. The molecule has 0 fully saturated rings. The normalized spacial score (nSPS) is 10.3. The molecular weight excluding hydrogens is 229 g/mol. The quantitative estimate of drug-likeness (QED) is 0.842. The van der Waals surface area contributed by atoms with Gasteiger partial charge in [-0.2, -0.15) is 0 Å². The Kier molecular flexibility index (Phi) is 3.77. The molecule has 0 bridgehead atoms. The van der Waals surface area contributed by atoms with Crippen molar-refractivity contribution in [2.24, 2.45) is 0 Å². The van der Waals surface area contributed by atoms with Crippen LogP contribution in [0.3, 0.4) is 0 Å². The molecule has 4 heteroatoms. The summed E-state index contributed by atoms with van der Waals surface area (Å²) in [4.78, 5) is 5.94. The third-order valence-electron chi connectivity index (χ3n) is 2.79. The molecule has 3 nitrogen and oxygen atoms in total. The van der Waals surface area contributed by atoms with Gasteiger partial charge in [-0.25, -0.2) is 4.39 Å². The highest BCUT2D eigenvalue weighted by Crippen LogP contribution is 2.23. The van der Waals surface area contributed by atoms with Crippen molar-refractivity contribution in [1.29, 1.82) is 0 Å². The molecule has 0 unspecified atom stereocenters. The maximum atomic E-state index is 13.1. The summed E-state index contributed by atoms with van der Waals surface area (Å²) in [6.45, 7) is 3.43. The number of halogens is 1. The summed E-state index contributed by atoms with van der Waals surface area (Å²) in [5.41, 5.74) is 8.47. The van der Waals surface area contributed by atoms with E-state index in [4.69, 9.17) is 5.73 Å². The number of hydrogen-bond acceptors (Lipinski definition) is 3. The molecule has 94 valence electrons. The van der Waals surface area contributed by atoms with Crippen LogP contribution in [0.2, 0.25) is 0 Å². The zero-order valence-electron chi connectivity index (χ0n) is 10.3. The number of benzene rings is 1. The van der Waals surface area contributed by atoms with E-state index >= 15 is 0 Å². The SMILES string of the molecule is CCN(Cc1cncc(F)c1)c1ccccc1N. The second-order valence-electron chi connectivity index (χ2n) is 4.08. The maximum absolute atomic E-state index is 13.1. The van der Waals surface area contributed by atoms with Gasteiger partial charge in [0.25, 0.3) is 0 Å². The molecule has 0 aliphatic rings. The van der Waals surface area contributed by atoms with Crippen LogP contribution >= 0.6 is 0 Å². The van der Waals surface area contributed by atoms with E-state index in [2.05, 4.69) is 9.88 Å². The first kappa shape index (κ1) is 12.4. The lowest BCUT2D eigenvalue weighted by Gasteiger charge is -2.24. The molecule has 0 aliphatic heterocycles. The van der Waals surface area contributed by atoms with Crippen LogP contribution in [-0.2, 0) is 6.54 Å². The molecule has 1 heterocycles. The molecule has 2 N–H and O–H groups in total. The van der Waals surface area contributed by atoms with Crippen LogP contribution in [0.15, 0.2) is 42.7 Å². The fraction of sp³-hybridized carbons (Fsp3) is 0.214. The van der Waals surface area contributed by atoms with Gasteiger partial charge >= 0.3 is 0 Å². The number of anilines is 2. The van der Waals surface area contributed by atoms with Gasteiger partial charge in [-0.3, -0.25) is 4.98 Å². The minimum absolute atomic E-state index is 0.315. The van der Waals surface area contributed by atoms with Crippen molar-refractivity contribution >= 4 is 11.4 Å². The summed E-state index contributed by atoms with van der Waals surface area (Å²) in [5, 5.41) is 0. The molecule has 1 aromatic heterocycles. The smallest absolute Gasteiger partial charge is 0.141 e. The minimum Gasteiger partial charge on any atom is -0.397 e. The highest BCUT2D eigenvalue weighted by atomic mass is 19.1. The van der Waals surface area contributed by atoms with Crippen LogP contribution in [0.1, 0.15) is 12.5 Å². The summed E-state index contributed by atoms with van der Waals surface area (Å²) in [7, 11) is 0. The third-order valence-corrected chi connectivity index (χ3v) is 2.79. The van der Waals surface area contributed by atoms with Gasteiger partial charge in [0.05, 0.1) is 17.6 Å². The summed E-state index contributed by atoms with van der Waals surface area (Å²) in [6.07, 6.45) is 2.88. The predicted octanol–water partition coefficient (Wildman–Crippen LogP) is 2.83. The lowest BCUT2D eigenvalue weighted by Crippen LogP contribution is -2.23. The number of rotatable bonds is 4. The van der Waals surface area contributed by atoms with Crippen LogP contribution < -0.4 is 10.6 Å². The van der Waals surface area contributed by atoms with Gasteiger partial charge < -0.3 is 10.6 Å². The molecule has 0 atom stereocenters. The fourth-order valence-corrected chi connectivity index (χ4v) is 1.91. The van der Waals surface area contributed by atoms with Crippen LogP contribution in [0.4, 0.5) is 15.8 Å². The minimum atomic E-state index is -0.315. The number of hydrogen-bond donors (Lipinski definition) is 1. The standard InChI is InChI=1S/C14H16FN3/c1-2-18(14-6-4-3-5-13(14)16)10-11-7-12(15)9-17-8-11/h3-9H,2,10,16H2,1H3. The van der Waals surface area contributed by atoms with Crippen molar-refractivity contribution in [3.05, 3.63) is 54.1 Å². The molecule has 18 heavy (non-hydrogen) atoms. The summed E-state index contributed by atoms with van der Waals surface area (Å²) < 4.78 is 13.1. The van der Waals surface area contributed by atoms with E-state index in [1.54, 1.807) is 6.20 Å². The Morgan fingerprint density at radius 3 is 2.72 bits per heavy atom. The van der Waals surface area contributed by atoms with E-state index in [1.807, 2.05) is 31.2 Å². The number of aromatic nitrogens is 1. The largest absolute Gasteiger partial charge is 0.397 e. The Hall–Kier alpha value is -2.10. The molecule has 1 aromatic carbocycles. The number of nitrogens with two attached hydrogens (primary N) is 1. The van der Waals surface area contributed by atoms with E-state index in [-0.39, 0.29) is 5.82 Å². The van der Waals surface area contributed by atoms with Crippen molar-refractivity contribution in [3.63, 3.8) is 0 Å². The first-order valence-corrected chi connectivity index (χ1v) is 5.89. The van der Waals surface area contributed by atoms with Gasteiger partial charge in [-0.1, -0.05) is 12.1 Å². The second kappa shape index (κ2) is 5.49. The van der Waals surface area contributed by atoms with Gasteiger partial charge in [0.2, 0.25) is 0 Å². The number of pyridine rings is 1. The lowest BCUT2D eigenvalue weighted by atomic mass is 10.2. The fourth-order valence-electron chi connectivity index (χ4n) is 1.91. The summed E-state index contributed by atoms with van der Waals surface area (Å²) in [5.74, 6) is -0.315. The Morgan fingerprint density at radius 2 is 2.06 bits per heavy atom. The number of nitrogens with zero attached hydrogens (tertiary/aromatic N) is 2. The summed E-state index contributed by atoms with van der Waals surface area (Å²) >= 11 is 0. The zero-order chi connectivity index (χ0) is 13.0. The molecule has 0 aliphatic carbocycles. The van der Waals surface area contributed by atoms with Gasteiger partial charge in [0.15, 0.2) is 0 Å². The molecule has 2 rings (SSSR count). The van der Waals surface area contributed by atoms with Crippen molar-refractivity contribution < 1.29 is 4.39 Å².